The highest BCUT2D eigenvalue weighted by molar-refractivity contribution is 5.94. The third kappa shape index (κ3) is 3.93. The fraction of sp³-hybridized carbons (Fsp3) is 0.533. The van der Waals surface area contributed by atoms with E-state index in [1.807, 2.05) is 11.9 Å². The van der Waals surface area contributed by atoms with E-state index in [1.165, 1.54) is 6.07 Å². The number of aryl methyl sites for hydroxylation is 1. The van der Waals surface area contributed by atoms with Crippen molar-refractivity contribution in [1.82, 2.24) is 10.2 Å². The van der Waals surface area contributed by atoms with Crippen LogP contribution in [0.2, 0.25) is 0 Å². The van der Waals surface area contributed by atoms with Gasteiger partial charge in [-0.3, -0.25) is 4.79 Å². The average molecular weight is 301 g/mol. The molecule has 1 fully saturated rings. The zero-order valence-electron chi connectivity index (χ0n) is 12.0. The van der Waals surface area contributed by atoms with Gasteiger partial charge in [-0.25, -0.2) is 4.39 Å². The standard InChI is InChI=1S/C15H21FN2O.ClH/c1-11-3-4-13(9-14(11)16)15(19)18-7-5-12(6-8-18)10-17-2;/h3-4,9,12,17H,5-8,10H2,1-2H3;1H. The van der Waals surface area contributed by atoms with Gasteiger partial charge in [-0.15, -0.1) is 12.4 Å². The van der Waals surface area contributed by atoms with E-state index in [1.54, 1.807) is 19.1 Å². The van der Waals surface area contributed by atoms with Crippen molar-refractivity contribution in [1.29, 1.82) is 0 Å². The van der Waals surface area contributed by atoms with Crippen molar-refractivity contribution in [2.24, 2.45) is 5.92 Å². The van der Waals surface area contributed by atoms with Crippen LogP contribution in [0.1, 0.15) is 28.8 Å². The molecule has 0 unspecified atom stereocenters. The number of rotatable bonds is 3. The number of piperidine rings is 1. The maximum Gasteiger partial charge on any atom is 0.253 e. The number of benzene rings is 1. The van der Waals surface area contributed by atoms with Gasteiger partial charge in [0.25, 0.3) is 5.91 Å². The van der Waals surface area contributed by atoms with Crippen molar-refractivity contribution < 1.29 is 9.18 Å². The Bertz CT molecular complexity index is 459. The summed E-state index contributed by atoms with van der Waals surface area (Å²) in [6.45, 7) is 4.23. The second-order valence-corrected chi connectivity index (χ2v) is 5.26. The highest BCUT2D eigenvalue weighted by atomic mass is 35.5. The zero-order valence-corrected chi connectivity index (χ0v) is 12.8. The van der Waals surface area contributed by atoms with Crippen molar-refractivity contribution >= 4 is 18.3 Å². The van der Waals surface area contributed by atoms with Gasteiger partial charge in [-0.05, 0) is 57.0 Å². The topological polar surface area (TPSA) is 32.3 Å². The highest BCUT2D eigenvalue weighted by Gasteiger charge is 2.23. The van der Waals surface area contributed by atoms with Crippen LogP contribution in [0.4, 0.5) is 4.39 Å². The molecule has 1 aliphatic heterocycles. The molecule has 1 N–H and O–H groups in total. The highest BCUT2D eigenvalue weighted by Crippen LogP contribution is 2.19. The quantitative estimate of drug-likeness (QED) is 0.931. The predicted molar refractivity (Wildman–Crippen MR) is 80.9 cm³/mol. The third-order valence-corrected chi connectivity index (χ3v) is 3.81. The van der Waals surface area contributed by atoms with Crippen LogP contribution in [0.25, 0.3) is 0 Å². The summed E-state index contributed by atoms with van der Waals surface area (Å²) in [6, 6.07) is 4.72. The lowest BCUT2D eigenvalue weighted by atomic mass is 9.96. The summed E-state index contributed by atoms with van der Waals surface area (Å²) in [4.78, 5) is 14.1. The van der Waals surface area contributed by atoms with E-state index in [4.69, 9.17) is 0 Å². The van der Waals surface area contributed by atoms with Crippen LogP contribution in [0.3, 0.4) is 0 Å². The molecule has 1 aromatic carbocycles. The Balaban J connectivity index is 0.00000200. The molecule has 1 aromatic rings. The van der Waals surface area contributed by atoms with E-state index >= 15 is 0 Å². The van der Waals surface area contributed by atoms with Crippen molar-refractivity contribution in [3.8, 4) is 0 Å². The number of halogens is 2. The predicted octanol–water partition coefficient (Wildman–Crippen LogP) is 2.63. The van der Waals surface area contributed by atoms with E-state index < -0.39 is 0 Å². The van der Waals surface area contributed by atoms with Crippen molar-refractivity contribution in [3.05, 3.63) is 35.1 Å². The second kappa shape index (κ2) is 7.60. The lowest BCUT2D eigenvalue weighted by Gasteiger charge is -2.32. The van der Waals surface area contributed by atoms with Gasteiger partial charge in [0, 0.05) is 18.7 Å². The van der Waals surface area contributed by atoms with Crippen molar-refractivity contribution in [2.75, 3.05) is 26.7 Å². The van der Waals surface area contributed by atoms with E-state index in [2.05, 4.69) is 5.32 Å². The molecule has 1 aliphatic rings. The molecule has 0 bridgehead atoms. The van der Waals surface area contributed by atoms with Gasteiger partial charge < -0.3 is 10.2 Å². The van der Waals surface area contributed by atoms with Crippen LogP contribution in [0.15, 0.2) is 18.2 Å². The Morgan fingerprint density at radius 3 is 2.60 bits per heavy atom. The van der Waals surface area contributed by atoms with Crippen LogP contribution >= 0.6 is 12.4 Å². The van der Waals surface area contributed by atoms with Gasteiger partial charge >= 0.3 is 0 Å². The second-order valence-electron chi connectivity index (χ2n) is 5.26. The molecule has 1 saturated heterocycles. The van der Waals surface area contributed by atoms with E-state index in [-0.39, 0.29) is 24.1 Å². The molecule has 0 spiro atoms. The molecule has 0 aromatic heterocycles. The maximum absolute atomic E-state index is 13.5. The Morgan fingerprint density at radius 1 is 1.40 bits per heavy atom. The molecule has 0 saturated carbocycles. The number of nitrogens with zero attached hydrogens (tertiary/aromatic N) is 1. The van der Waals surface area contributed by atoms with E-state index in [0.717, 1.165) is 32.5 Å². The monoisotopic (exact) mass is 300 g/mol. The minimum atomic E-state index is -0.309. The van der Waals surface area contributed by atoms with E-state index in [0.29, 0.717) is 17.0 Å². The van der Waals surface area contributed by atoms with Crippen LogP contribution in [-0.2, 0) is 0 Å². The average Bonchev–Trinajstić information content (AvgIpc) is 2.42. The number of likely N-dealkylation sites (tertiary alicyclic amines) is 1. The summed E-state index contributed by atoms with van der Waals surface area (Å²) in [5.74, 6) is 0.279. The lowest BCUT2D eigenvalue weighted by molar-refractivity contribution is 0.0690. The molecule has 3 nitrogen and oxygen atoms in total. The number of carbonyl (C=O) groups excluding carboxylic acids is 1. The molecule has 2 rings (SSSR count). The van der Waals surface area contributed by atoms with Crippen LogP contribution in [0, 0.1) is 18.7 Å². The Kier molecular flexibility index (Phi) is 6.43. The molecule has 1 heterocycles. The number of amides is 1. The molecular formula is C15H22ClFN2O. The number of nitrogens with one attached hydrogen (secondary N) is 1. The van der Waals surface area contributed by atoms with Gasteiger partial charge in [-0.1, -0.05) is 6.07 Å². The number of hydrogen-bond donors (Lipinski definition) is 1. The first-order chi connectivity index (χ1) is 9.11. The van der Waals surface area contributed by atoms with Gasteiger partial charge in [0.1, 0.15) is 5.82 Å². The lowest BCUT2D eigenvalue weighted by Crippen LogP contribution is -2.40. The molecular weight excluding hydrogens is 279 g/mol. The summed E-state index contributed by atoms with van der Waals surface area (Å²) in [7, 11) is 1.95. The normalized spacial score (nSPS) is 15.8. The molecule has 0 atom stereocenters. The van der Waals surface area contributed by atoms with Crippen LogP contribution < -0.4 is 5.32 Å². The summed E-state index contributed by atoms with van der Waals surface area (Å²) in [5, 5.41) is 3.17. The zero-order chi connectivity index (χ0) is 13.8. The first-order valence-electron chi connectivity index (χ1n) is 6.82. The fourth-order valence-corrected chi connectivity index (χ4v) is 2.54. The molecule has 1 amide bonds. The third-order valence-electron chi connectivity index (χ3n) is 3.81. The molecule has 0 radical (unpaired) electrons. The minimum Gasteiger partial charge on any atom is -0.339 e. The molecule has 112 valence electrons. The van der Waals surface area contributed by atoms with Crippen LogP contribution in [-0.4, -0.2) is 37.5 Å². The Hall–Kier alpha value is -1.13. The molecule has 20 heavy (non-hydrogen) atoms. The van der Waals surface area contributed by atoms with Gasteiger partial charge in [-0.2, -0.15) is 0 Å². The number of carbonyl (C=O) groups is 1. The fourth-order valence-electron chi connectivity index (χ4n) is 2.54. The largest absolute Gasteiger partial charge is 0.339 e. The molecule has 0 aliphatic carbocycles. The van der Waals surface area contributed by atoms with E-state index in [9.17, 15) is 9.18 Å². The van der Waals surface area contributed by atoms with Crippen LogP contribution in [0.5, 0.6) is 0 Å². The molecule has 5 heteroatoms. The first-order valence-corrected chi connectivity index (χ1v) is 6.82. The SMILES string of the molecule is CNCC1CCN(C(=O)c2ccc(C)c(F)c2)CC1.Cl. The Labute approximate surface area is 125 Å². The summed E-state index contributed by atoms with van der Waals surface area (Å²) >= 11 is 0. The number of hydrogen-bond acceptors (Lipinski definition) is 2. The van der Waals surface area contributed by atoms with Gasteiger partial charge in [0.15, 0.2) is 0 Å². The summed E-state index contributed by atoms with van der Waals surface area (Å²) < 4.78 is 13.5. The minimum absolute atomic E-state index is 0. The first kappa shape index (κ1) is 16.9. The summed E-state index contributed by atoms with van der Waals surface area (Å²) in [5.41, 5.74) is 1.03. The van der Waals surface area contributed by atoms with Gasteiger partial charge in [0.05, 0.1) is 0 Å². The van der Waals surface area contributed by atoms with Crippen molar-refractivity contribution in [3.63, 3.8) is 0 Å². The maximum atomic E-state index is 13.5. The van der Waals surface area contributed by atoms with Gasteiger partial charge in [0.2, 0.25) is 0 Å². The Morgan fingerprint density at radius 2 is 2.05 bits per heavy atom. The van der Waals surface area contributed by atoms with Crippen molar-refractivity contribution in [2.45, 2.75) is 19.8 Å². The summed E-state index contributed by atoms with van der Waals surface area (Å²) in [6.07, 6.45) is 2.03. The smallest absolute Gasteiger partial charge is 0.253 e.